The van der Waals surface area contributed by atoms with Gasteiger partial charge in [-0.25, -0.2) is 0 Å². The maximum absolute atomic E-state index is 5.74. The summed E-state index contributed by atoms with van der Waals surface area (Å²) in [6.45, 7) is 0. The summed E-state index contributed by atoms with van der Waals surface area (Å²) in [4.78, 5) is 4.22. The maximum atomic E-state index is 5.74. The molecule has 0 aliphatic heterocycles. The molecule has 1 aromatic carbocycles. The minimum absolute atomic E-state index is 0.112. The van der Waals surface area contributed by atoms with E-state index in [1.165, 1.54) is 0 Å². The minimum atomic E-state index is 0.112. The summed E-state index contributed by atoms with van der Waals surface area (Å²) in [5.74, 6) is 0. The van der Waals surface area contributed by atoms with Crippen LogP contribution >= 0.6 is 12.2 Å². The molecule has 0 saturated heterocycles. The first kappa shape index (κ1) is 11.3. The summed E-state index contributed by atoms with van der Waals surface area (Å²) in [5.41, 5.74) is 14.9. The van der Waals surface area contributed by atoms with Crippen LogP contribution in [0.5, 0.6) is 0 Å². The molecule has 0 bridgehead atoms. The van der Waals surface area contributed by atoms with E-state index in [-0.39, 0.29) is 5.11 Å². The molecular weight excluding hydrogens is 234 g/mol. The van der Waals surface area contributed by atoms with Crippen molar-refractivity contribution in [3.63, 3.8) is 0 Å². The van der Waals surface area contributed by atoms with Crippen LogP contribution in [0.2, 0.25) is 0 Å². The largest absolute Gasteiger partial charge is 0.399 e. The van der Waals surface area contributed by atoms with E-state index in [4.69, 9.17) is 11.5 Å². The fourth-order valence-corrected chi connectivity index (χ4v) is 1.52. The third-order valence-corrected chi connectivity index (χ3v) is 2.27. The normalized spacial score (nSPS) is 10.8. The van der Waals surface area contributed by atoms with Gasteiger partial charge in [0.1, 0.15) is 0 Å². The zero-order valence-corrected chi connectivity index (χ0v) is 9.74. The molecule has 0 aliphatic carbocycles. The Bertz CT molecular complexity index is 593. The van der Waals surface area contributed by atoms with Gasteiger partial charge < -0.3 is 11.5 Å². The Balaban J connectivity index is 2.43. The van der Waals surface area contributed by atoms with Crippen molar-refractivity contribution < 1.29 is 0 Å². The molecule has 1 aromatic heterocycles. The molecule has 0 aliphatic rings. The minimum Gasteiger partial charge on any atom is -0.399 e. The summed E-state index contributed by atoms with van der Waals surface area (Å²) in [6.07, 6.45) is 3.27. The zero-order chi connectivity index (χ0) is 12.3. The van der Waals surface area contributed by atoms with Crippen LogP contribution in [0, 0.1) is 0 Å². The molecule has 6 heteroatoms. The topological polar surface area (TPSA) is 89.3 Å². The van der Waals surface area contributed by atoms with Gasteiger partial charge in [-0.3, -0.25) is 10.4 Å². The Morgan fingerprint density at radius 1 is 1.41 bits per heavy atom. The molecular formula is C11H11N5S. The van der Waals surface area contributed by atoms with Crippen molar-refractivity contribution in [2.45, 2.75) is 0 Å². The predicted molar refractivity (Wildman–Crippen MR) is 73.7 cm³/mol. The number of nitrogen functional groups attached to an aromatic ring is 1. The first-order valence-corrected chi connectivity index (χ1v) is 5.30. The molecule has 2 aromatic rings. The number of anilines is 1. The van der Waals surface area contributed by atoms with Crippen LogP contribution in [0.25, 0.3) is 10.8 Å². The maximum Gasteiger partial charge on any atom is 0.184 e. The Labute approximate surface area is 104 Å². The first-order valence-electron chi connectivity index (χ1n) is 4.89. The van der Waals surface area contributed by atoms with Gasteiger partial charge >= 0.3 is 0 Å². The number of aromatic nitrogens is 1. The number of hydrazone groups is 1. The second kappa shape index (κ2) is 4.75. The van der Waals surface area contributed by atoms with Crippen LogP contribution in [-0.2, 0) is 0 Å². The molecule has 17 heavy (non-hydrogen) atoms. The summed E-state index contributed by atoms with van der Waals surface area (Å²) in [6, 6.07) is 7.54. The van der Waals surface area contributed by atoms with Gasteiger partial charge in [0, 0.05) is 17.3 Å². The van der Waals surface area contributed by atoms with Crippen molar-refractivity contribution in [1.82, 2.24) is 10.4 Å². The van der Waals surface area contributed by atoms with E-state index < -0.39 is 0 Å². The number of pyridine rings is 1. The highest BCUT2D eigenvalue weighted by molar-refractivity contribution is 7.80. The molecule has 5 nitrogen and oxygen atoms in total. The van der Waals surface area contributed by atoms with Crippen LogP contribution in [0.3, 0.4) is 0 Å². The van der Waals surface area contributed by atoms with Gasteiger partial charge in [0.15, 0.2) is 5.11 Å². The SMILES string of the molecule is NC(=S)N/N=C\c1nccc2ccc(N)cc12. The zero-order valence-electron chi connectivity index (χ0n) is 8.92. The van der Waals surface area contributed by atoms with Gasteiger partial charge in [-0.2, -0.15) is 5.10 Å². The summed E-state index contributed by atoms with van der Waals surface area (Å²) >= 11 is 4.64. The average molecular weight is 245 g/mol. The van der Waals surface area contributed by atoms with Gasteiger partial charge in [0.25, 0.3) is 0 Å². The third-order valence-electron chi connectivity index (χ3n) is 2.18. The molecule has 0 saturated carbocycles. The smallest absolute Gasteiger partial charge is 0.184 e. The summed E-state index contributed by atoms with van der Waals surface area (Å²) in [7, 11) is 0. The van der Waals surface area contributed by atoms with E-state index in [0.717, 1.165) is 10.8 Å². The second-order valence-electron chi connectivity index (χ2n) is 3.41. The average Bonchev–Trinajstić information content (AvgIpc) is 2.29. The first-order chi connectivity index (χ1) is 8.16. The van der Waals surface area contributed by atoms with Crippen LogP contribution in [-0.4, -0.2) is 16.3 Å². The molecule has 0 atom stereocenters. The standard InChI is InChI=1S/C11H11N5S/c12-8-2-1-7-3-4-14-10(9(7)5-8)6-15-16-11(13)17/h1-6H,12H2,(H3,13,16,17)/b15-6-. The van der Waals surface area contributed by atoms with E-state index in [1.807, 2.05) is 24.3 Å². The molecule has 1 heterocycles. The molecule has 2 rings (SSSR count). The third kappa shape index (κ3) is 2.67. The number of benzene rings is 1. The van der Waals surface area contributed by atoms with E-state index in [0.29, 0.717) is 11.4 Å². The highest BCUT2D eigenvalue weighted by Crippen LogP contribution is 2.18. The van der Waals surface area contributed by atoms with E-state index in [2.05, 4.69) is 27.7 Å². The summed E-state index contributed by atoms with van der Waals surface area (Å²) < 4.78 is 0. The number of hydrogen-bond acceptors (Lipinski definition) is 4. The van der Waals surface area contributed by atoms with Gasteiger partial charge in [-0.05, 0) is 35.8 Å². The Hall–Kier alpha value is -2.21. The number of rotatable bonds is 2. The molecule has 0 amide bonds. The van der Waals surface area contributed by atoms with Crippen LogP contribution < -0.4 is 16.9 Å². The fraction of sp³-hybridized carbons (Fsp3) is 0. The monoisotopic (exact) mass is 245 g/mol. The lowest BCUT2D eigenvalue weighted by molar-refractivity contribution is 1.04. The molecule has 5 N–H and O–H groups in total. The number of nitrogens with zero attached hydrogens (tertiary/aromatic N) is 2. The van der Waals surface area contributed by atoms with Crippen molar-refractivity contribution in [3.05, 3.63) is 36.2 Å². The number of hydrogen-bond donors (Lipinski definition) is 3. The van der Waals surface area contributed by atoms with Gasteiger partial charge in [-0.1, -0.05) is 6.07 Å². The molecule has 0 spiro atoms. The number of nitrogens with one attached hydrogen (secondary N) is 1. The van der Waals surface area contributed by atoms with Crippen molar-refractivity contribution >= 4 is 40.0 Å². The Morgan fingerprint density at radius 2 is 2.24 bits per heavy atom. The highest BCUT2D eigenvalue weighted by Gasteiger charge is 2.00. The van der Waals surface area contributed by atoms with Crippen molar-refractivity contribution in [2.75, 3.05) is 5.73 Å². The lowest BCUT2D eigenvalue weighted by Crippen LogP contribution is -2.24. The fourth-order valence-electron chi connectivity index (χ4n) is 1.47. The van der Waals surface area contributed by atoms with Crippen molar-refractivity contribution in [2.24, 2.45) is 10.8 Å². The predicted octanol–water partition coefficient (Wildman–Crippen LogP) is 0.984. The Kier molecular flexibility index (Phi) is 3.15. The number of fused-ring (bicyclic) bond motifs is 1. The quantitative estimate of drug-likeness (QED) is 0.318. The highest BCUT2D eigenvalue weighted by atomic mass is 32.1. The van der Waals surface area contributed by atoms with Crippen molar-refractivity contribution in [3.8, 4) is 0 Å². The van der Waals surface area contributed by atoms with E-state index in [1.54, 1.807) is 12.4 Å². The van der Waals surface area contributed by atoms with Crippen molar-refractivity contribution in [1.29, 1.82) is 0 Å². The Morgan fingerprint density at radius 3 is 3.00 bits per heavy atom. The van der Waals surface area contributed by atoms with E-state index >= 15 is 0 Å². The molecule has 0 unspecified atom stereocenters. The lowest BCUT2D eigenvalue weighted by atomic mass is 10.1. The van der Waals surface area contributed by atoms with Crippen LogP contribution in [0.15, 0.2) is 35.6 Å². The van der Waals surface area contributed by atoms with Gasteiger partial charge in [-0.15, -0.1) is 0 Å². The van der Waals surface area contributed by atoms with Crippen LogP contribution in [0.1, 0.15) is 5.69 Å². The molecule has 86 valence electrons. The molecule has 0 radical (unpaired) electrons. The lowest BCUT2D eigenvalue weighted by Gasteiger charge is -2.02. The number of thiocarbonyl (C=S) groups is 1. The van der Waals surface area contributed by atoms with Gasteiger partial charge in [0.2, 0.25) is 0 Å². The van der Waals surface area contributed by atoms with Crippen LogP contribution in [0.4, 0.5) is 5.69 Å². The number of nitrogens with two attached hydrogens (primary N) is 2. The molecule has 0 fully saturated rings. The van der Waals surface area contributed by atoms with Gasteiger partial charge in [0.05, 0.1) is 11.9 Å². The second-order valence-corrected chi connectivity index (χ2v) is 3.85. The van der Waals surface area contributed by atoms with E-state index in [9.17, 15) is 0 Å². The summed E-state index contributed by atoms with van der Waals surface area (Å²) in [5, 5.41) is 5.97.